The van der Waals surface area contributed by atoms with Gasteiger partial charge in [-0.05, 0) is 12.1 Å². The number of halogens is 1. The summed E-state index contributed by atoms with van der Waals surface area (Å²) in [6.45, 7) is 0.200. The zero-order chi connectivity index (χ0) is 14.0. The molecule has 0 spiro atoms. The van der Waals surface area contributed by atoms with Crippen molar-refractivity contribution in [2.24, 2.45) is 5.73 Å². The molecule has 0 amide bonds. The molecule has 0 aliphatic carbocycles. The largest absolute Gasteiger partial charge is 0.326 e. The first kappa shape index (κ1) is 14.6. The highest BCUT2D eigenvalue weighted by Crippen LogP contribution is 2.23. The van der Waals surface area contributed by atoms with Crippen LogP contribution in [0.15, 0.2) is 23.1 Å². The maximum atomic E-state index is 13.6. The molecule has 0 atom stereocenters. The highest BCUT2D eigenvalue weighted by Gasteiger charge is 2.30. The Balaban J connectivity index is 2.40. The maximum Gasteiger partial charge on any atom is 0.243 e. The monoisotopic (exact) mass is 306 g/mol. The van der Waals surface area contributed by atoms with Crippen LogP contribution in [0.4, 0.5) is 4.39 Å². The second-order valence-corrected chi connectivity index (χ2v) is 7.78. The molecular weight excluding hydrogens is 291 g/mol. The third-order valence-electron chi connectivity index (χ3n) is 3.03. The minimum atomic E-state index is -3.77. The minimum Gasteiger partial charge on any atom is -0.326 e. The van der Waals surface area contributed by atoms with Crippen LogP contribution in [0.3, 0.4) is 0 Å². The lowest BCUT2D eigenvalue weighted by molar-refractivity contribution is 0.437. The summed E-state index contributed by atoms with van der Waals surface area (Å²) < 4.78 is 51.0. The van der Waals surface area contributed by atoms with Crippen molar-refractivity contribution in [1.29, 1.82) is 0 Å². The van der Waals surface area contributed by atoms with Gasteiger partial charge in [-0.25, -0.2) is 12.8 Å². The van der Waals surface area contributed by atoms with E-state index in [2.05, 4.69) is 0 Å². The van der Waals surface area contributed by atoms with Crippen LogP contribution in [0, 0.1) is 5.82 Å². The standard InChI is InChI=1S/C11H15FN2O3S2/c12-10-2-1-3-11(9(10)8-13)19(16,17)14-4-6-18(15)7-5-14/h1-3H,4-8,13H2. The number of hydrogen-bond acceptors (Lipinski definition) is 4. The first-order chi connectivity index (χ1) is 8.96. The molecule has 2 N–H and O–H groups in total. The third kappa shape index (κ3) is 2.86. The fraction of sp³-hybridized carbons (Fsp3) is 0.455. The van der Waals surface area contributed by atoms with E-state index in [9.17, 15) is 17.0 Å². The van der Waals surface area contributed by atoms with E-state index in [1.54, 1.807) is 0 Å². The number of rotatable bonds is 3. The van der Waals surface area contributed by atoms with E-state index in [0.29, 0.717) is 11.5 Å². The second kappa shape index (κ2) is 5.66. The van der Waals surface area contributed by atoms with Gasteiger partial charge in [0.05, 0.1) is 4.90 Å². The predicted molar refractivity (Wildman–Crippen MR) is 70.9 cm³/mol. The van der Waals surface area contributed by atoms with Crippen LogP contribution in [-0.2, 0) is 27.4 Å². The number of nitrogens with two attached hydrogens (primary N) is 1. The Hall–Kier alpha value is -0.830. The van der Waals surface area contributed by atoms with Gasteiger partial charge in [-0.15, -0.1) is 0 Å². The van der Waals surface area contributed by atoms with Crippen LogP contribution in [0.2, 0.25) is 0 Å². The van der Waals surface area contributed by atoms with E-state index in [4.69, 9.17) is 5.73 Å². The van der Waals surface area contributed by atoms with Crippen molar-refractivity contribution >= 4 is 20.8 Å². The normalized spacial score (nSPS) is 18.6. The van der Waals surface area contributed by atoms with Gasteiger partial charge in [0, 0.05) is 47.5 Å². The summed E-state index contributed by atoms with van der Waals surface area (Å²) in [5, 5.41) is 0. The van der Waals surface area contributed by atoms with Crippen LogP contribution >= 0.6 is 0 Å². The van der Waals surface area contributed by atoms with Gasteiger partial charge < -0.3 is 5.73 Å². The topological polar surface area (TPSA) is 80.5 Å². The Bertz CT molecular complexity index is 594. The molecule has 8 heteroatoms. The van der Waals surface area contributed by atoms with Gasteiger partial charge in [0.25, 0.3) is 0 Å². The molecule has 1 heterocycles. The fourth-order valence-corrected chi connectivity index (χ4v) is 4.95. The molecule has 1 aliphatic rings. The quantitative estimate of drug-likeness (QED) is 0.855. The van der Waals surface area contributed by atoms with E-state index < -0.39 is 26.6 Å². The molecule has 0 unspecified atom stereocenters. The molecule has 1 aromatic carbocycles. The summed E-state index contributed by atoms with van der Waals surface area (Å²) in [5.41, 5.74) is 5.42. The highest BCUT2D eigenvalue weighted by atomic mass is 32.2. The summed E-state index contributed by atoms with van der Waals surface area (Å²) in [7, 11) is -4.74. The molecule has 5 nitrogen and oxygen atoms in total. The van der Waals surface area contributed by atoms with Gasteiger partial charge >= 0.3 is 0 Å². The summed E-state index contributed by atoms with van der Waals surface area (Å²) >= 11 is 0. The van der Waals surface area contributed by atoms with Crippen molar-refractivity contribution < 1.29 is 17.0 Å². The fourth-order valence-electron chi connectivity index (χ4n) is 1.98. The van der Waals surface area contributed by atoms with Gasteiger partial charge in [0.15, 0.2) is 0 Å². The average Bonchev–Trinajstić information content (AvgIpc) is 2.39. The third-order valence-corrected chi connectivity index (χ3v) is 6.29. The van der Waals surface area contributed by atoms with Crippen molar-refractivity contribution in [1.82, 2.24) is 4.31 Å². The van der Waals surface area contributed by atoms with Crippen molar-refractivity contribution in [3.05, 3.63) is 29.6 Å². The van der Waals surface area contributed by atoms with Crippen molar-refractivity contribution in [3.8, 4) is 0 Å². The summed E-state index contributed by atoms with van der Waals surface area (Å²) in [4.78, 5) is -0.0947. The second-order valence-electron chi connectivity index (χ2n) is 4.17. The average molecular weight is 306 g/mol. The zero-order valence-electron chi connectivity index (χ0n) is 10.2. The lowest BCUT2D eigenvalue weighted by atomic mass is 10.2. The molecule has 0 aromatic heterocycles. The molecular formula is C11H15FN2O3S2. The van der Waals surface area contributed by atoms with Gasteiger partial charge in [0.1, 0.15) is 5.82 Å². The molecule has 1 saturated heterocycles. The van der Waals surface area contributed by atoms with Gasteiger partial charge in [-0.1, -0.05) is 6.07 Å². The maximum absolute atomic E-state index is 13.6. The molecule has 19 heavy (non-hydrogen) atoms. The summed E-state index contributed by atoms with van der Waals surface area (Å²) in [5.74, 6) is 0.00287. The molecule has 1 aromatic rings. The Labute approximate surface area is 114 Å². The van der Waals surface area contributed by atoms with Crippen LogP contribution < -0.4 is 5.73 Å². The molecule has 2 rings (SSSR count). The summed E-state index contributed by atoms with van der Waals surface area (Å²) in [6.07, 6.45) is 0. The smallest absolute Gasteiger partial charge is 0.243 e. The van der Waals surface area contributed by atoms with Crippen LogP contribution in [0.1, 0.15) is 5.56 Å². The number of benzene rings is 1. The van der Waals surface area contributed by atoms with E-state index >= 15 is 0 Å². The van der Waals surface area contributed by atoms with E-state index in [0.717, 1.165) is 0 Å². The Kier molecular flexibility index (Phi) is 4.34. The van der Waals surface area contributed by atoms with Gasteiger partial charge in [-0.2, -0.15) is 4.31 Å². The van der Waals surface area contributed by atoms with E-state index in [1.165, 1.54) is 22.5 Å². The minimum absolute atomic E-state index is 0.00537. The van der Waals surface area contributed by atoms with Crippen LogP contribution in [0.5, 0.6) is 0 Å². The predicted octanol–water partition coefficient (Wildman–Crippen LogP) is 0.0374. The van der Waals surface area contributed by atoms with E-state index in [1.807, 2.05) is 0 Å². The molecule has 1 aliphatic heterocycles. The SMILES string of the molecule is NCc1c(F)cccc1S(=O)(=O)N1CCS(=O)CC1. The van der Waals surface area contributed by atoms with Gasteiger partial charge in [0.2, 0.25) is 10.0 Å². The molecule has 0 saturated carbocycles. The Morgan fingerprint density at radius 1 is 1.32 bits per heavy atom. The highest BCUT2D eigenvalue weighted by molar-refractivity contribution is 7.89. The van der Waals surface area contributed by atoms with Crippen molar-refractivity contribution in [3.63, 3.8) is 0 Å². The first-order valence-electron chi connectivity index (χ1n) is 5.79. The van der Waals surface area contributed by atoms with E-state index in [-0.39, 0.29) is 30.1 Å². The number of nitrogens with zero attached hydrogens (tertiary/aromatic N) is 1. The van der Waals surface area contributed by atoms with Gasteiger partial charge in [-0.3, -0.25) is 4.21 Å². The van der Waals surface area contributed by atoms with Crippen LogP contribution in [0.25, 0.3) is 0 Å². The molecule has 106 valence electrons. The van der Waals surface area contributed by atoms with Crippen molar-refractivity contribution in [2.45, 2.75) is 11.4 Å². The molecule has 0 bridgehead atoms. The Morgan fingerprint density at radius 3 is 2.53 bits per heavy atom. The lowest BCUT2D eigenvalue weighted by Crippen LogP contribution is -2.42. The van der Waals surface area contributed by atoms with Crippen molar-refractivity contribution in [2.75, 3.05) is 24.6 Å². The first-order valence-corrected chi connectivity index (χ1v) is 8.72. The summed E-state index contributed by atoms with van der Waals surface area (Å²) in [6, 6.07) is 3.89. The van der Waals surface area contributed by atoms with Crippen LogP contribution in [-0.4, -0.2) is 41.5 Å². The lowest BCUT2D eigenvalue weighted by Gasteiger charge is -2.26. The zero-order valence-corrected chi connectivity index (χ0v) is 11.8. The number of hydrogen-bond donors (Lipinski definition) is 1. The molecule has 0 radical (unpaired) electrons. The Morgan fingerprint density at radius 2 is 1.95 bits per heavy atom. The number of sulfonamides is 1. The molecule has 1 fully saturated rings.